The van der Waals surface area contributed by atoms with Crippen LogP contribution in [0.2, 0.25) is 0 Å². The molecule has 2 aliphatic heterocycles. The first-order valence-electron chi connectivity index (χ1n) is 6.35. The second kappa shape index (κ2) is 4.90. The van der Waals surface area contributed by atoms with Crippen LogP contribution in [0.1, 0.15) is 5.56 Å². The number of hydrogen-bond donors (Lipinski definition) is 0. The Balaban J connectivity index is 1.65. The average Bonchev–Trinajstić information content (AvgIpc) is 2.79. The highest BCUT2D eigenvalue weighted by molar-refractivity contribution is 7.88. The normalized spacial score (nSPS) is 29.5. The molecule has 2 bridgehead atoms. The zero-order valence-electron chi connectivity index (χ0n) is 10.9. The highest BCUT2D eigenvalue weighted by atomic mass is 32.2. The van der Waals surface area contributed by atoms with Crippen LogP contribution in [0.3, 0.4) is 0 Å². The third-order valence-electron chi connectivity index (χ3n) is 3.58. The van der Waals surface area contributed by atoms with Crippen LogP contribution in [0.15, 0.2) is 23.0 Å². The van der Waals surface area contributed by atoms with E-state index < -0.39 is 10.0 Å². The lowest BCUT2D eigenvalue weighted by molar-refractivity contribution is -0.124. The number of fused-ring (bicyclic) bond motifs is 2. The van der Waals surface area contributed by atoms with Gasteiger partial charge in [0.2, 0.25) is 10.0 Å². The third kappa shape index (κ3) is 3.00. The molecular formula is C12H18N2O4S. The van der Waals surface area contributed by atoms with Gasteiger partial charge in [-0.25, -0.2) is 8.42 Å². The number of sulfonamides is 1. The summed E-state index contributed by atoms with van der Waals surface area (Å²) in [7, 11) is -3.12. The topological polar surface area (TPSA) is 63.0 Å². The first kappa shape index (κ1) is 13.1. The molecule has 0 aliphatic carbocycles. The summed E-state index contributed by atoms with van der Waals surface area (Å²) >= 11 is 0. The van der Waals surface area contributed by atoms with Crippen molar-refractivity contribution in [1.29, 1.82) is 0 Å². The van der Waals surface area contributed by atoms with Crippen molar-refractivity contribution in [3.8, 4) is 0 Å². The first-order chi connectivity index (χ1) is 9.00. The summed E-state index contributed by atoms with van der Waals surface area (Å²) in [5.74, 6) is 0. The Morgan fingerprint density at radius 2 is 1.95 bits per heavy atom. The van der Waals surface area contributed by atoms with Crippen LogP contribution < -0.4 is 0 Å². The van der Waals surface area contributed by atoms with Gasteiger partial charge in [-0.2, -0.15) is 4.31 Å². The third-order valence-corrected chi connectivity index (χ3v) is 4.81. The Morgan fingerprint density at radius 1 is 1.26 bits per heavy atom. The Hall–Kier alpha value is -0.890. The van der Waals surface area contributed by atoms with Crippen molar-refractivity contribution in [1.82, 2.24) is 9.21 Å². The molecule has 0 saturated carbocycles. The van der Waals surface area contributed by atoms with Crippen molar-refractivity contribution in [3.05, 3.63) is 24.2 Å². The van der Waals surface area contributed by atoms with Crippen molar-refractivity contribution < 1.29 is 17.6 Å². The van der Waals surface area contributed by atoms with Crippen molar-refractivity contribution >= 4 is 10.0 Å². The van der Waals surface area contributed by atoms with Gasteiger partial charge in [0.15, 0.2) is 0 Å². The van der Waals surface area contributed by atoms with Crippen LogP contribution in [0.4, 0.5) is 0 Å². The molecule has 2 saturated heterocycles. The molecule has 1 aromatic heterocycles. The lowest BCUT2D eigenvalue weighted by Crippen LogP contribution is -2.60. The molecule has 7 heteroatoms. The Kier molecular flexibility index (Phi) is 3.38. The number of ether oxygens (including phenoxy) is 1. The number of morpholine rings is 2. The van der Waals surface area contributed by atoms with Gasteiger partial charge in [-0.1, -0.05) is 0 Å². The summed E-state index contributed by atoms with van der Waals surface area (Å²) in [6, 6.07) is 1.95. The Bertz CT molecular complexity index is 514. The largest absolute Gasteiger partial charge is 0.472 e. The van der Waals surface area contributed by atoms with E-state index in [1.165, 1.54) is 10.6 Å². The zero-order valence-corrected chi connectivity index (χ0v) is 11.7. The van der Waals surface area contributed by atoms with Crippen LogP contribution in [-0.4, -0.2) is 62.3 Å². The molecule has 1 aromatic rings. The van der Waals surface area contributed by atoms with Gasteiger partial charge in [0, 0.05) is 38.3 Å². The standard InChI is InChI=1S/C12H18N2O4S/c1-19(15,16)14-7-11-5-13(6-12(8-14)18-11)4-10-2-3-17-9-10/h2-3,9,11-12H,4-8H2,1H3/t11-,12+. The molecular weight excluding hydrogens is 268 g/mol. The van der Waals surface area contributed by atoms with Gasteiger partial charge in [-0.05, 0) is 6.07 Å². The molecule has 6 nitrogen and oxygen atoms in total. The van der Waals surface area contributed by atoms with Crippen molar-refractivity contribution in [3.63, 3.8) is 0 Å². The van der Waals surface area contributed by atoms with Gasteiger partial charge in [0.1, 0.15) is 0 Å². The van der Waals surface area contributed by atoms with E-state index in [9.17, 15) is 8.42 Å². The quantitative estimate of drug-likeness (QED) is 0.790. The second-order valence-electron chi connectivity index (χ2n) is 5.29. The summed E-state index contributed by atoms with van der Waals surface area (Å²) in [4.78, 5) is 2.29. The lowest BCUT2D eigenvalue weighted by Gasteiger charge is -2.44. The van der Waals surface area contributed by atoms with Crippen LogP contribution in [-0.2, 0) is 21.3 Å². The fraction of sp³-hybridized carbons (Fsp3) is 0.667. The molecule has 2 fully saturated rings. The molecule has 2 atom stereocenters. The maximum absolute atomic E-state index is 11.6. The minimum absolute atomic E-state index is 0.0332. The second-order valence-corrected chi connectivity index (χ2v) is 7.27. The molecule has 3 rings (SSSR count). The molecule has 0 amide bonds. The predicted octanol–water partition coefficient (Wildman–Crippen LogP) is 0.124. The molecule has 0 spiro atoms. The average molecular weight is 286 g/mol. The van der Waals surface area contributed by atoms with Crippen LogP contribution in [0.25, 0.3) is 0 Å². The maximum Gasteiger partial charge on any atom is 0.211 e. The van der Waals surface area contributed by atoms with E-state index in [0.717, 1.165) is 25.2 Å². The summed E-state index contributed by atoms with van der Waals surface area (Å²) in [5.41, 5.74) is 1.14. The maximum atomic E-state index is 11.6. The van der Waals surface area contributed by atoms with E-state index in [0.29, 0.717) is 13.1 Å². The van der Waals surface area contributed by atoms with E-state index in [-0.39, 0.29) is 12.2 Å². The van der Waals surface area contributed by atoms with E-state index in [4.69, 9.17) is 9.15 Å². The Morgan fingerprint density at radius 3 is 2.47 bits per heavy atom. The summed E-state index contributed by atoms with van der Waals surface area (Å²) in [6.45, 7) is 3.25. The fourth-order valence-electron chi connectivity index (χ4n) is 2.78. The number of rotatable bonds is 3. The van der Waals surface area contributed by atoms with E-state index in [1.54, 1.807) is 12.5 Å². The van der Waals surface area contributed by atoms with Gasteiger partial charge < -0.3 is 9.15 Å². The van der Waals surface area contributed by atoms with E-state index in [1.807, 2.05) is 6.07 Å². The molecule has 106 valence electrons. The Labute approximate surface area is 113 Å². The van der Waals surface area contributed by atoms with E-state index >= 15 is 0 Å². The zero-order chi connectivity index (χ0) is 13.5. The smallest absolute Gasteiger partial charge is 0.211 e. The van der Waals surface area contributed by atoms with Gasteiger partial charge in [0.25, 0.3) is 0 Å². The minimum Gasteiger partial charge on any atom is -0.472 e. The molecule has 0 radical (unpaired) electrons. The van der Waals surface area contributed by atoms with E-state index in [2.05, 4.69) is 4.90 Å². The molecule has 0 aromatic carbocycles. The predicted molar refractivity (Wildman–Crippen MR) is 69.1 cm³/mol. The fourth-order valence-corrected chi connectivity index (χ4v) is 3.65. The van der Waals surface area contributed by atoms with Crippen LogP contribution in [0.5, 0.6) is 0 Å². The lowest BCUT2D eigenvalue weighted by atomic mass is 10.1. The highest BCUT2D eigenvalue weighted by Gasteiger charge is 2.37. The molecule has 0 unspecified atom stereocenters. The van der Waals surface area contributed by atoms with Gasteiger partial charge in [-0.15, -0.1) is 0 Å². The van der Waals surface area contributed by atoms with Crippen molar-refractivity contribution in [2.24, 2.45) is 0 Å². The van der Waals surface area contributed by atoms with Gasteiger partial charge >= 0.3 is 0 Å². The minimum atomic E-state index is -3.12. The van der Waals surface area contributed by atoms with Crippen LogP contribution in [0, 0.1) is 0 Å². The summed E-state index contributed by atoms with van der Waals surface area (Å²) in [6.07, 6.45) is 4.61. The number of furan rings is 1. The molecule has 19 heavy (non-hydrogen) atoms. The monoisotopic (exact) mass is 286 g/mol. The molecule has 2 aliphatic rings. The van der Waals surface area contributed by atoms with Crippen molar-refractivity contribution in [2.45, 2.75) is 18.8 Å². The van der Waals surface area contributed by atoms with Gasteiger partial charge in [-0.3, -0.25) is 4.90 Å². The number of hydrogen-bond acceptors (Lipinski definition) is 5. The van der Waals surface area contributed by atoms with Gasteiger partial charge in [0.05, 0.1) is 31.0 Å². The summed E-state index contributed by atoms with van der Waals surface area (Å²) < 4.78 is 35.6. The molecule has 0 N–H and O–H groups in total. The number of nitrogens with zero attached hydrogens (tertiary/aromatic N) is 2. The molecule has 3 heterocycles. The first-order valence-corrected chi connectivity index (χ1v) is 8.19. The summed E-state index contributed by atoms with van der Waals surface area (Å²) in [5, 5.41) is 0. The highest BCUT2D eigenvalue weighted by Crippen LogP contribution is 2.22. The van der Waals surface area contributed by atoms with Crippen molar-refractivity contribution in [2.75, 3.05) is 32.4 Å². The van der Waals surface area contributed by atoms with Crippen LogP contribution >= 0.6 is 0 Å². The SMILES string of the molecule is CS(=O)(=O)N1C[C@H]2CN(Cc3ccoc3)C[C@@H](C1)O2.